The zero-order valence-electron chi connectivity index (χ0n) is 19.1. The molecule has 0 radical (unpaired) electrons. The second-order valence-corrected chi connectivity index (χ2v) is 9.02. The van der Waals surface area contributed by atoms with E-state index in [4.69, 9.17) is 20.6 Å². The minimum atomic E-state index is -0.170. The van der Waals surface area contributed by atoms with Gasteiger partial charge in [-0.25, -0.2) is 9.50 Å². The molecule has 6 rings (SSSR count). The van der Waals surface area contributed by atoms with Gasteiger partial charge in [0.25, 0.3) is 0 Å². The van der Waals surface area contributed by atoms with Crippen LogP contribution in [0.4, 0.5) is 0 Å². The minimum absolute atomic E-state index is 0.170. The van der Waals surface area contributed by atoms with Crippen LogP contribution in [0.2, 0.25) is 0 Å². The Kier molecular flexibility index (Phi) is 4.93. The van der Waals surface area contributed by atoms with Gasteiger partial charge in [-0.1, -0.05) is 54.6 Å². The van der Waals surface area contributed by atoms with Crippen molar-refractivity contribution in [2.75, 3.05) is 7.11 Å². The van der Waals surface area contributed by atoms with Crippen LogP contribution < -0.4 is 10.5 Å². The molecule has 1 aliphatic carbocycles. The van der Waals surface area contributed by atoms with E-state index in [0.29, 0.717) is 0 Å². The van der Waals surface area contributed by atoms with Gasteiger partial charge in [0.05, 0.1) is 18.5 Å². The molecule has 0 spiro atoms. The van der Waals surface area contributed by atoms with Gasteiger partial charge >= 0.3 is 0 Å². The molecule has 0 aliphatic heterocycles. The molecule has 3 aromatic carbocycles. The maximum absolute atomic E-state index is 6.55. The van der Waals surface area contributed by atoms with Crippen molar-refractivity contribution >= 4 is 5.65 Å². The molecule has 0 saturated heterocycles. The Morgan fingerprint density at radius 3 is 2.21 bits per heavy atom. The van der Waals surface area contributed by atoms with Crippen LogP contribution in [0.1, 0.15) is 24.8 Å². The van der Waals surface area contributed by atoms with Gasteiger partial charge in [0.15, 0.2) is 5.65 Å². The summed E-state index contributed by atoms with van der Waals surface area (Å²) in [5.74, 6) is 0.823. The molecular formula is C29H26N4O. The van der Waals surface area contributed by atoms with Crippen LogP contribution in [0.3, 0.4) is 0 Å². The Hall–Kier alpha value is -3.96. The van der Waals surface area contributed by atoms with Gasteiger partial charge in [-0.15, -0.1) is 0 Å². The van der Waals surface area contributed by atoms with Crippen molar-refractivity contribution in [1.29, 1.82) is 0 Å². The van der Waals surface area contributed by atoms with Crippen molar-refractivity contribution in [2.24, 2.45) is 5.73 Å². The Morgan fingerprint density at radius 2 is 1.56 bits per heavy atom. The standard InChI is InChI=1S/C29H26N4O/c1-34-24-14-10-21(11-15-24)26-18-27-31-28(22-8-12-23(13-9-22)29(30)16-5-17-29)25(19-33(27)32-26)20-6-3-2-4-7-20/h2-4,6-15,18-19H,5,16-17,30H2,1H3. The fourth-order valence-electron chi connectivity index (χ4n) is 4.68. The fraction of sp³-hybridized carbons (Fsp3) is 0.172. The van der Waals surface area contributed by atoms with E-state index >= 15 is 0 Å². The van der Waals surface area contributed by atoms with Crippen molar-refractivity contribution < 1.29 is 4.74 Å². The molecule has 0 amide bonds. The average molecular weight is 447 g/mol. The first kappa shape index (κ1) is 20.6. The van der Waals surface area contributed by atoms with Crippen molar-refractivity contribution in [3.8, 4) is 39.4 Å². The van der Waals surface area contributed by atoms with E-state index in [0.717, 1.165) is 57.9 Å². The number of benzene rings is 3. The SMILES string of the molecule is COc1ccc(-c2cc3nc(-c4ccc(C5(N)CCC5)cc4)c(-c4ccccc4)cn3n2)cc1. The van der Waals surface area contributed by atoms with Crippen LogP contribution >= 0.6 is 0 Å². The van der Waals surface area contributed by atoms with Crippen LogP contribution in [0.25, 0.3) is 39.3 Å². The second-order valence-electron chi connectivity index (χ2n) is 9.02. The summed E-state index contributed by atoms with van der Waals surface area (Å²) in [5, 5.41) is 4.82. The summed E-state index contributed by atoms with van der Waals surface area (Å²) in [6.45, 7) is 0. The molecule has 2 heterocycles. The third-order valence-electron chi connectivity index (χ3n) is 6.90. The van der Waals surface area contributed by atoms with Gasteiger partial charge in [0, 0.05) is 34.5 Å². The molecule has 34 heavy (non-hydrogen) atoms. The maximum atomic E-state index is 6.55. The fourth-order valence-corrected chi connectivity index (χ4v) is 4.68. The highest BCUT2D eigenvalue weighted by molar-refractivity contribution is 5.82. The third kappa shape index (κ3) is 3.55. The summed E-state index contributed by atoms with van der Waals surface area (Å²) in [6, 6.07) is 28.9. The van der Waals surface area contributed by atoms with Crippen molar-refractivity contribution in [3.63, 3.8) is 0 Å². The zero-order chi connectivity index (χ0) is 23.1. The number of fused-ring (bicyclic) bond motifs is 1. The normalized spacial score (nSPS) is 14.6. The third-order valence-corrected chi connectivity index (χ3v) is 6.90. The van der Waals surface area contributed by atoms with E-state index in [2.05, 4.69) is 42.6 Å². The quantitative estimate of drug-likeness (QED) is 0.355. The lowest BCUT2D eigenvalue weighted by Crippen LogP contribution is -2.43. The lowest BCUT2D eigenvalue weighted by atomic mass is 9.72. The molecule has 2 N–H and O–H groups in total. The molecular weight excluding hydrogens is 420 g/mol. The molecule has 2 aromatic heterocycles. The topological polar surface area (TPSA) is 65.4 Å². The summed E-state index contributed by atoms with van der Waals surface area (Å²) in [6.07, 6.45) is 5.38. The average Bonchev–Trinajstić information content (AvgIpc) is 3.30. The second kappa shape index (κ2) is 8.12. The van der Waals surface area contributed by atoms with Crippen LogP contribution in [0.5, 0.6) is 5.75 Å². The van der Waals surface area contributed by atoms with Crippen LogP contribution in [0, 0.1) is 0 Å². The Morgan fingerprint density at radius 1 is 0.853 bits per heavy atom. The molecule has 5 heteroatoms. The molecule has 1 aliphatic rings. The summed E-state index contributed by atoms with van der Waals surface area (Å²) in [4.78, 5) is 5.07. The van der Waals surface area contributed by atoms with Crippen LogP contribution in [-0.2, 0) is 5.54 Å². The summed E-state index contributed by atoms with van der Waals surface area (Å²) < 4.78 is 7.15. The lowest BCUT2D eigenvalue weighted by Gasteiger charge is -2.38. The molecule has 0 atom stereocenters. The first-order valence-corrected chi connectivity index (χ1v) is 11.6. The first-order chi connectivity index (χ1) is 16.6. The van der Waals surface area contributed by atoms with E-state index < -0.39 is 0 Å². The summed E-state index contributed by atoms with van der Waals surface area (Å²) in [5.41, 5.74) is 14.4. The van der Waals surface area contributed by atoms with Crippen LogP contribution in [-0.4, -0.2) is 21.7 Å². The Balaban J connectivity index is 1.47. The summed E-state index contributed by atoms with van der Waals surface area (Å²) >= 11 is 0. The maximum Gasteiger partial charge on any atom is 0.156 e. The predicted octanol–water partition coefficient (Wildman–Crippen LogP) is 6.08. The van der Waals surface area contributed by atoms with Gasteiger partial charge in [-0.3, -0.25) is 0 Å². The van der Waals surface area contributed by atoms with E-state index in [9.17, 15) is 0 Å². The number of ether oxygens (including phenoxy) is 1. The largest absolute Gasteiger partial charge is 0.497 e. The van der Waals surface area contributed by atoms with Gasteiger partial charge in [0.2, 0.25) is 0 Å². The van der Waals surface area contributed by atoms with Crippen molar-refractivity contribution in [1.82, 2.24) is 14.6 Å². The number of hydrogen-bond donors (Lipinski definition) is 1. The van der Waals surface area contributed by atoms with E-state index in [1.807, 2.05) is 53.0 Å². The smallest absolute Gasteiger partial charge is 0.156 e. The first-order valence-electron chi connectivity index (χ1n) is 11.6. The van der Waals surface area contributed by atoms with Gasteiger partial charge in [0.1, 0.15) is 5.75 Å². The number of hydrogen-bond acceptors (Lipinski definition) is 4. The Labute approximate surface area is 198 Å². The number of nitrogens with zero attached hydrogens (tertiary/aromatic N) is 3. The van der Waals surface area contributed by atoms with Gasteiger partial charge in [-0.05, 0) is 54.7 Å². The predicted molar refractivity (Wildman–Crippen MR) is 136 cm³/mol. The Bertz CT molecular complexity index is 1450. The molecule has 0 unspecified atom stereocenters. The van der Waals surface area contributed by atoms with E-state index in [1.54, 1.807) is 7.11 Å². The molecule has 5 nitrogen and oxygen atoms in total. The molecule has 1 saturated carbocycles. The van der Waals surface area contributed by atoms with E-state index in [-0.39, 0.29) is 5.54 Å². The molecule has 0 bridgehead atoms. The monoisotopic (exact) mass is 446 g/mol. The number of rotatable bonds is 5. The number of nitrogens with two attached hydrogens (primary N) is 1. The lowest BCUT2D eigenvalue weighted by molar-refractivity contribution is 0.253. The molecule has 5 aromatic rings. The number of aromatic nitrogens is 3. The molecule has 168 valence electrons. The molecule has 1 fully saturated rings. The van der Waals surface area contributed by atoms with Gasteiger partial charge < -0.3 is 10.5 Å². The van der Waals surface area contributed by atoms with Crippen LogP contribution in [0.15, 0.2) is 91.1 Å². The number of methoxy groups -OCH3 is 1. The minimum Gasteiger partial charge on any atom is -0.497 e. The highest BCUT2D eigenvalue weighted by atomic mass is 16.5. The highest BCUT2D eigenvalue weighted by Crippen LogP contribution is 2.40. The highest BCUT2D eigenvalue weighted by Gasteiger charge is 2.34. The summed E-state index contributed by atoms with van der Waals surface area (Å²) in [7, 11) is 1.67. The zero-order valence-corrected chi connectivity index (χ0v) is 19.1. The van der Waals surface area contributed by atoms with Gasteiger partial charge in [-0.2, -0.15) is 5.10 Å². The van der Waals surface area contributed by atoms with Crippen molar-refractivity contribution in [3.05, 3.63) is 96.7 Å². The van der Waals surface area contributed by atoms with Crippen molar-refractivity contribution in [2.45, 2.75) is 24.8 Å². The van der Waals surface area contributed by atoms with E-state index in [1.165, 1.54) is 12.0 Å².